The Kier molecular flexibility index (Phi) is 60.3. The van der Waals surface area contributed by atoms with Gasteiger partial charge in [-0.1, -0.05) is 306 Å². The largest absolute Gasteiger partial charge is 0.472 e. The lowest BCUT2D eigenvalue weighted by atomic mass is 10.0. The van der Waals surface area contributed by atoms with Crippen LogP contribution in [0.2, 0.25) is 0 Å². The van der Waals surface area contributed by atoms with E-state index in [1.807, 2.05) is 0 Å². The number of rotatable bonds is 69. The Bertz CT molecular complexity index is 1800. The summed E-state index contributed by atoms with van der Waals surface area (Å²) in [6.07, 6.45) is 44.5. The van der Waals surface area contributed by atoms with Crippen LogP contribution < -0.4 is 0 Å². The average Bonchev–Trinajstić information content (AvgIpc) is 3.64. The number of carbonyl (C=O) groups excluding carboxylic acids is 4. The number of hydrogen-bond acceptors (Lipinski definition) is 15. The zero-order chi connectivity index (χ0) is 67.5. The third kappa shape index (κ3) is 66.5. The summed E-state index contributed by atoms with van der Waals surface area (Å²) < 4.78 is 68.4. The predicted octanol–water partition coefficient (Wildman–Crippen LogP) is 20.5. The summed E-state index contributed by atoms with van der Waals surface area (Å²) in [7, 11) is -9.91. The molecule has 0 aliphatic carbocycles. The minimum Gasteiger partial charge on any atom is -0.462 e. The van der Waals surface area contributed by atoms with Gasteiger partial charge in [0.15, 0.2) is 12.2 Å². The first-order chi connectivity index (χ1) is 43.6. The SMILES string of the molecule is CC(C)CCCCCCCCCCCCCCC(=O)OC[C@H](COP(=O)(O)OCC(O)COP(=O)(O)OC[C@@H](COC(=O)CCCCCCCCCCC(C)C)OC(=O)CCCCCCCCCCC(C)C)OC(=O)CCCCCCCCCCCCCC(C)C. The van der Waals surface area contributed by atoms with E-state index < -0.39 is 97.5 Å². The van der Waals surface area contributed by atoms with Crippen molar-refractivity contribution in [2.75, 3.05) is 39.6 Å². The highest BCUT2D eigenvalue weighted by atomic mass is 31.2. The Morgan fingerprint density at radius 3 is 0.681 bits per heavy atom. The third-order valence-electron chi connectivity index (χ3n) is 16.6. The number of phosphoric ester groups is 2. The van der Waals surface area contributed by atoms with Crippen molar-refractivity contribution in [2.45, 2.75) is 375 Å². The molecule has 0 saturated heterocycles. The molecule has 540 valence electrons. The molecule has 0 aliphatic rings. The maximum Gasteiger partial charge on any atom is 0.472 e. The second-order valence-corrected chi connectivity index (χ2v) is 30.8. The molecule has 3 N–H and O–H groups in total. The Labute approximate surface area is 556 Å². The second-order valence-electron chi connectivity index (χ2n) is 27.9. The fourth-order valence-corrected chi connectivity index (χ4v) is 12.4. The second kappa shape index (κ2) is 61.6. The van der Waals surface area contributed by atoms with Crippen molar-refractivity contribution in [1.29, 1.82) is 0 Å². The molecule has 3 unspecified atom stereocenters. The van der Waals surface area contributed by atoms with Crippen LogP contribution in [0.4, 0.5) is 0 Å². The lowest BCUT2D eigenvalue weighted by Crippen LogP contribution is -2.30. The zero-order valence-electron chi connectivity index (χ0n) is 59.5. The molecule has 17 nitrogen and oxygen atoms in total. The quantitative estimate of drug-likeness (QED) is 0.0222. The topological polar surface area (TPSA) is 237 Å². The van der Waals surface area contributed by atoms with Crippen LogP contribution in [0.3, 0.4) is 0 Å². The molecule has 0 rings (SSSR count). The van der Waals surface area contributed by atoms with Crippen molar-refractivity contribution in [3.05, 3.63) is 0 Å². The first-order valence-electron chi connectivity index (χ1n) is 37.2. The highest BCUT2D eigenvalue weighted by Gasteiger charge is 2.30. The molecular formula is C72H140O17P2. The van der Waals surface area contributed by atoms with E-state index in [1.54, 1.807) is 0 Å². The number of ether oxygens (including phenoxy) is 4. The Hall–Kier alpha value is -1.94. The van der Waals surface area contributed by atoms with Gasteiger partial charge in [0.05, 0.1) is 26.4 Å². The summed E-state index contributed by atoms with van der Waals surface area (Å²) in [6.45, 7) is 14.1. The first kappa shape index (κ1) is 89.1. The number of aliphatic hydroxyl groups excluding tert-OH is 1. The van der Waals surface area contributed by atoms with E-state index in [-0.39, 0.29) is 25.7 Å². The zero-order valence-corrected chi connectivity index (χ0v) is 61.3. The standard InChI is InChI=1S/C72H140O17P2/c1-62(2)48-40-32-24-16-12-9-10-14-18-28-36-44-52-69(74)82-58-67(88-71(76)54-46-38-30-19-15-11-13-17-25-33-41-49-63(3)4)60-86-90(78,79)84-56-66(73)57-85-91(80,81)87-61-68(89-72(77)55-47-39-31-23-21-27-35-43-51-65(7)8)59-83-70(75)53-45-37-29-22-20-26-34-42-50-64(5)6/h62-68,73H,9-61H2,1-8H3,(H,78,79)(H,80,81)/t66?,67-,68-/m1/s1. The van der Waals surface area contributed by atoms with Crippen molar-refractivity contribution in [3.8, 4) is 0 Å². The summed E-state index contributed by atoms with van der Waals surface area (Å²) in [6, 6.07) is 0. The molecule has 91 heavy (non-hydrogen) atoms. The lowest BCUT2D eigenvalue weighted by Gasteiger charge is -2.21. The maximum atomic E-state index is 13.0. The van der Waals surface area contributed by atoms with Crippen LogP contribution in [-0.2, 0) is 65.4 Å². The van der Waals surface area contributed by atoms with Gasteiger partial charge >= 0.3 is 39.5 Å². The molecule has 0 aromatic rings. The molecule has 0 heterocycles. The summed E-state index contributed by atoms with van der Waals surface area (Å²) in [4.78, 5) is 72.6. The molecule has 0 radical (unpaired) electrons. The van der Waals surface area contributed by atoms with E-state index in [9.17, 15) is 43.2 Å². The van der Waals surface area contributed by atoms with Crippen LogP contribution >= 0.6 is 15.6 Å². The fraction of sp³-hybridized carbons (Fsp3) is 0.944. The number of esters is 4. The van der Waals surface area contributed by atoms with Crippen molar-refractivity contribution in [1.82, 2.24) is 0 Å². The minimum absolute atomic E-state index is 0.103. The van der Waals surface area contributed by atoms with Crippen LogP contribution in [0, 0.1) is 23.7 Å². The molecule has 0 amide bonds. The smallest absolute Gasteiger partial charge is 0.462 e. The Morgan fingerprint density at radius 1 is 0.275 bits per heavy atom. The van der Waals surface area contributed by atoms with Crippen LogP contribution in [0.1, 0.15) is 357 Å². The normalized spacial score (nSPS) is 14.2. The molecule has 19 heteroatoms. The van der Waals surface area contributed by atoms with Crippen molar-refractivity contribution >= 4 is 39.5 Å². The van der Waals surface area contributed by atoms with Gasteiger partial charge < -0.3 is 33.8 Å². The molecule has 0 fully saturated rings. The molecule has 0 spiro atoms. The lowest BCUT2D eigenvalue weighted by molar-refractivity contribution is -0.161. The minimum atomic E-state index is -4.95. The van der Waals surface area contributed by atoms with Gasteiger partial charge in [0.25, 0.3) is 0 Å². The maximum absolute atomic E-state index is 13.0. The highest BCUT2D eigenvalue weighted by molar-refractivity contribution is 7.47. The fourth-order valence-electron chi connectivity index (χ4n) is 10.8. The predicted molar refractivity (Wildman–Crippen MR) is 367 cm³/mol. The van der Waals surface area contributed by atoms with Crippen LogP contribution in [0.25, 0.3) is 0 Å². The van der Waals surface area contributed by atoms with E-state index in [0.29, 0.717) is 25.7 Å². The van der Waals surface area contributed by atoms with E-state index >= 15 is 0 Å². The van der Waals surface area contributed by atoms with E-state index in [2.05, 4.69) is 55.4 Å². The van der Waals surface area contributed by atoms with Gasteiger partial charge in [-0.2, -0.15) is 0 Å². The van der Waals surface area contributed by atoms with Gasteiger partial charge in [0.1, 0.15) is 19.3 Å². The van der Waals surface area contributed by atoms with E-state index in [4.69, 9.17) is 37.0 Å². The molecule has 0 saturated carbocycles. The average molecular weight is 1340 g/mol. The molecule has 0 aliphatic heterocycles. The third-order valence-corrected chi connectivity index (χ3v) is 18.5. The van der Waals surface area contributed by atoms with Crippen LogP contribution in [0.5, 0.6) is 0 Å². The monoisotopic (exact) mass is 1340 g/mol. The van der Waals surface area contributed by atoms with E-state index in [0.717, 1.165) is 114 Å². The number of carbonyl (C=O) groups is 4. The summed E-state index contributed by atoms with van der Waals surface area (Å²) in [5, 5.41) is 10.6. The number of hydrogen-bond donors (Lipinski definition) is 3. The molecule has 0 aromatic heterocycles. The summed E-state index contributed by atoms with van der Waals surface area (Å²) >= 11 is 0. The summed E-state index contributed by atoms with van der Waals surface area (Å²) in [5.41, 5.74) is 0. The number of phosphoric acid groups is 2. The number of aliphatic hydroxyl groups is 1. The van der Waals surface area contributed by atoms with E-state index in [1.165, 1.54) is 161 Å². The molecule has 5 atom stereocenters. The summed E-state index contributed by atoms with van der Waals surface area (Å²) in [5.74, 6) is 0.864. The van der Waals surface area contributed by atoms with Gasteiger partial charge in [-0.15, -0.1) is 0 Å². The van der Waals surface area contributed by atoms with Crippen molar-refractivity contribution in [2.24, 2.45) is 23.7 Å². The molecule has 0 bridgehead atoms. The van der Waals surface area contributed by atoms with Crippen molar-refractivity contribution < 1.29 is 80.2 Å². The number of unbranched alkanes of at least 4 members (excludes halogenated alkanes) is 35. The Morgan fingerprint density at radius 2 is 0.462 bits per heavy atom. The van der Waals surface area contributed by atoms with Gasteiger partial charge in [0.2, 0.25) is 0 Å². The van der Waals surface area contributed by atoms with Gasteiger partial charge in [-0.3, -0.25) is 37.3 Å². The molecular weight excluding hydrogens is 1200 g/mol. The van der Waals surface area contributed by atoms with Gasteiger partial charge in [-0.25, -0.2) is 9.13 Å². The van der Waals surface area contributed by atoms with Gasteiger partial charge in [-0.05, 0) is 49.4 Å². The van der Waals surface area contributed by atoms with Crippen molar-refractivity contribution in [3.63, 3.8) is 0 Å². The molecule has 0 aromatic carbocycles. The van der Waals surface area contributed by atoms with Gasteiger partial charge in [0, 0.05) is 25.7 Å². The van der Waals surface area contributed by atoms with Crippen LogP contribution in [0.15, 0.2) is 0 Å². The Balaban J connectivity index is 5.26. The van der Waals surface area contributed by atoms with Crippen LogP contribution in [-0.4, -0.2) is 96.7 Å². The first-order valence-corrected chi connectivity index (χ1v) is 40.2. The highest BCUT2D eigenvalue weighted by Crippen LogP contribution is 2.45.